The van der Waals surface area contributed by atoms with E-state index in [2.05, 4.69) is 10.6 Å². The number of piperazine rings is 1. The lowest BCUT2D eigenvalue weighted by atomic mass is 10.1. The first-order valence-electron chi connectivity index (χ1n) is 6.53. The van der Waals surface area contributed by atoms with Crippen molar-refractivity contribution in [1.82, 2.24) is 10.2 Å². The van der Waals surface area contributed by atoms with E-state index in [-0.39, 0.29) is 23.8 Å². The molecule has 20 heavy (non-hydrogen) atoms. The minimum Gasteiger partial charge on any atom is -0.317 e. The fourth-order valence-corrected chi connectivity index (χ4v) is 2.42. The van der Waals surface area contributed by atoms with Crippen LogP contribution in [-0.2, 0) is 0 Å². The van der Waals surface area contributed by atoms with Crippen molar-refractivity contribution in [2.45, 2.75) is 25.9 Å². The second-order valence-corrected chi connectivity index (χ2v) is 5.00. The van der Waals surface area contributed by atoms with Crippen LogP contribution in [0.15, 0.2) is 24.3 Å². The third-order valence-electron chi connectivity index (χ3n) is 3.37. The van der Waals surface area contributed by atoms with Crippen LogP contribution in [0.4, 0.5) is 16.2 Å². The molecule has 0 aliphatic carbocycles. The smallest absolute Gasteiger partial charge is 0.317 e. The Morgan fingerprint density at radius 1 is 1.40 bits per heavy atom. The Balaban J connectivity index is 2.10. The van der Waals surface area contributed by atoms with E-state index in [4.69, 9.17) is 0 Å². The van der Waals surface area contributed by atoms with E-state index < -0.39 is 4.92 Å². The van der Waals surface area contributed by atoms with Gasteiger partial charge in [-0.1, -0.05) is 6.07 Å². The third kappa shape index (κ3) is 3.05. The van der Waals surface area contributed by atoms with E-state index in [0.29, 0.717) is 5.69 Å². The van der Waals surface area contributed by atoms with E-state index >= 15 is 0 Å². The summed E-state index contributed by atoms with van der Waals surface area (Å²) in [5, 5.41) is 16.7. The van der Waals surface area contributed by atoms with Gasteiger partial charge in [-0.15, -0.1) is 0 Å². The molecule has 0 saturated carbocycles. The van der Waals surface area contributed by atoms with Crippen LogP contribution in [0.3, 0.4) is 0 Å². The normalized spacial score (nSPS) is 22.4. The second-order valence-electron chi connectivity index (χ2n) is 5.00. The molecule has 1 fully saturated rings. The van der Waals surface area contributed by atoms with Gasteiger partial charge in [-0.25, -0.2) is 4.79 Å². The zero-order valence-corrected chi connectivity index (χ0v) is 11.5. The number of hydrogen-bond donors (Lipinski definition) is 2. The van der Waals surface area contributed by atoms with Crippen LogP contribution in [0.1, 0.15) is 13.8 Å². The summed E-state index contributed by atoms with van der Waals surface area (Å²) >= 11 is 0. The van der Waals surface area contributed by atoms with Gasteiger partial charge in [0.25, 0.3) is 5.69 Å². The first kappa shape index (κ1) is 14.3. The number of anilines is 1. The maximum absolute atomic E-state index is 12.3. The van der Waals surface area contributed by atoms with Crippen LogP contribution < -0.4 is 10.6 Å². The number of hydrogen-bond acceptors (Lipinski definition) is 4. The quantitative estimate of drug-likeness (QED) is 0.638. The van der Waals surface area contributed by atoms with Crippen LogP contribution in [-0.4, -0.2) is 41.0 Å². The molecule has 1 heterocycles. The summed E-state index contributed by atoms with van der Waals surface area (Å²) in [6, 6.07) is 5.88. The van der Waals surface area contributed by atoms with Gasteiger partial charge < -0.3 is 15.5 Å². The highest BCUT2D eigenvalue weighted by atomic mass is 16.6. The monoisotopic (exact) mass is 278 g/mol. The Morgan fingerprint density at radius 2 is 2.05 bits per heavy atom. The Bertz CT molecular complexity index is 510. The standard InChI is InChI=1S/C13H18N4O3/c1-9-7-14-8-10(2)16(9)13(18)15-11-4-3-5-12(6-11)17(19)20/h3-6,9-10,14H,7-8H2,1-2H3,(H,15,18). The van der Waals surface area contributed by atoms with E-state index in [1.807, 2.05) is 13.8 Å². The molecule has 0 radical (unpaired) electrons. The number of nitro benzene ring substituents is 1. The number of rotatable bonds is 2. The van der Waals surface area contributed by atoms with Crippen LogP contribution in [0, 0.1) is 10.1 Å². The molecular formula is C13H18N4O3. The first-order chi connectivity index (χ1) is 9.49. The molecule has 1 aromatic rings. The van der Waals surface area contributed by atoms with E-state index in [9.17, 15) is 14.9 Å². The van der Waals surface area contributed by atoms with Gasteiger partial charge >= 0.3 is 6.03 Å². The van der Waals surface area contributed by atoms with E-state index in [1.54, 1.807) is 17.0 Å². The van der Waals surface area contributed by atoms with Crippen LogP contribution in [0.25, 0.3) is 0 Å². The molecule has 2 unspecified atom stereocenters. The third-order valence-corrected chi connectivity index (χ3v) is 3.37. The Morgan fingerprint density at radius 3 is 2.65 bits per heavy atom. The topological polar surface area (TPSA) is 87.5 Å². The first-order valence-corrected chi connectivity index (χ1v) is 6.53. The Labute approximate surface area is 117 Å². The highest BCUT2D eigenvalue weighted by molar-refractivity contribution is 5.90. The van der Waals surface area contributed by atoms with Crippen molar-refractivity contribution >= 4 is 17.4 Å². The molecule has 0 aromatic heterocycles. The molecule has 7 heteroatoms. The number of nitrogens with one attached hydrogen (secondary N) is 2. The average Bonchev–Trinajstić information content (AvgIpc) is 2.38. The fourth-order valence-electron chi connectivity index (χ4n) is 2.42. The minimum absolute atomic E-state index is 0.0378. The lowest BCUT2D eigenvalue weighted by Crippen LogP contribution is -2.58. The van der Waals surface area contributed by atoms with Gasteiger partial charge in [-0.3, -0.25) is 10.1 Å². The summed E-state index contributed by atoms with van der Waals surface area (Å²) in [4.78, 5) is 24.3. The minimum atomic E-state index is -0.480. The van der Waals surface area contributed by atoms with Crippen molar-refractivity contribution in [3.63, 3.8) is 0 Å². The van der Waals surface area contributed by atoms with E-state index in [0.717, 1.165) is 13.1 Å². The van der Waals surface area contributed by atoms with Crippen molar-refractivity contribution in [2.75, 3.05) is 18.4 Å². The molecule has 2 amide bonds. The molecule has 1 aromatic carbocycles. The molecule has 1 aliphatic rings. The van der Waals surface area contributed by atoms with Gasteiger partial charge in [-0.05, 0) is 19.9 Å². The predicted octanol–water partition coefficient (Wildman–Crippen LogP) is 1.81. The molecule has 0 bridgehead atoms. The van der Waals surface area contributed by atoms with Gasteiger partial charge in [-0.2, -0.15) is 0 Å². The Kier molecular flexibility index (Phi) is 4.19. The zero-order chi connectivity index (χ0) is 14.7. The number of carbonyl (C=O) groups excluding carboxylic acids is 1. The molecule has 1 saturated heterocycles. The highest BCUT2D eigenvalue weighted by Gasteiger charge is 2.28. The number of carbonyl (C=O) groups is 1. The number of benzene rings is 1. The molecule has 108 valence electrons. The summed E-state index contributed by atoms with van der Waals surface area (Å²) in [7, 11) is 0. The van der Waals surface area contributed by atoms with Crippen LogP contribution in [0.5, 0.6) is 0 Å². The molecule has 2 atom stereocenters. The van der Waals surface area contributed by atoms with Gasteiger partial charge in [0.15, 0.2) is 0 Å². The predicted molar refractivity (Wildman–Crippen MR) is 75.7 cm³/mol. The maximum atomic E-state index is 12.3. The summed E-state index contributed by atoms with van der Waals surface area (Å²) in [6.45, 7) is 5.42. The number of nitro groups is 1. The fraction of sp³-hybridized carbons (Fsp3) is 0.462. The van der Waals surface area contributed by atoms with E-state index in [1.165, 1.54) is 12.1 Å². The van der Waals surface area contributed by atoms with Crippen LogP contribution in [0.2, 0.25) is 0 Å². The lowest BCUT2D eigenvalue weighted by Gasteiger charge is -2.39. The van der Waals surface area contributed by atoms with Gasteiger partial charge in [0.1, 0.15) is 0 Å². The SMILES string of the molecule is CC1CNCC(C)N1C(=O)Nc1cccc([N+](=O)[O-])c1. The number of non-ortho nitro benzene ring substituents is 1. The zero-order valence-electron chi connectivity index (χ0n) is 11.5. The molecule has 0 spiro atoms. The molecule has 1 aliphatic heterocycles. The second kappa shape index (κ2) is 5.87. The van der Waals surface area contributed by atoms with Crippen molar-refractivity contribution < 1.29 is 9.72 Å². The van der Waals surface area contributed by atoms with Crippen molar-refractivity contribution in [1.29, 1.82) is 0 Å². The highest BCUT2D eigenvalue weighted by Crippen LogP contribution is 2.19. The summed E-state index contributed by atoms with van der Waals surface area (Å²) in [5.74, 6) is 0. The molecule has 2 N–H and O–H groups in total. The maximum Gasteiger partial charge on any atom is 0.322 e. The molecular weight excluding hydrogens is 260 g/mol. The van der Waals surface area contributed by atoms with Gasteiger partial charge in [0.05, 0.1) is 4.92 Å². The number of urea groups is 1. The van der Waals surface area contributed by atoms with Gasteiger partial charge in [0, 0.05) is 43.0 Å². The molecule has 7 nitrogen and oxygen atoms in total. The average molecular weight is 278 g/mol. The number of nitrogens with zero attached hydrogens (tertiary/aromatic N) is 2. The summed E-state index contributed by atoms with van der Waals surface area (Å²) in [5.41, 5.74) is 0.395. The van der Waals surface area contributed by atoms with Crippen LogP contribution >= 0.6 is 0 Å². The molecule has 2 rings (SSSR count). The van der Waals surface area contributed by atoms with Crippen molar-refractivity contribution in [3.8, 4) is 0 Å². The number of amides is 2. The van der Waals surface area contributed by atoms with Gasteiger partial charge in [0.2, 0.25) is 0 Å². The lowest BCUT2D eigenvalue weighted by molar-refractivity contribution is -0.384. The summed E-state index contributed by atoms with van der Waals surface area (Å²) < 4.78 is 0. The van der Waals surface area contributed by atoms with Crippen molar-refractivity contribution in [3.05, 3.63) is 34.4 Å². The largest absolute Gasteiger partial charge is 0.322 e. The Hall–Kier alpha value is -2.15. The summed E-state index contributed by atoms with van der Waals surface area (Å²) in [6.07, 6.45) is 0. The van der Waals surface area contributed by atoms with Crippen molar-refractivity contribution in [2.24, 2.45) is 0 Å².